The van der Waals surface area contributed by atoms with E-state index < -0.39 is 17.3 Å². The van der Waals surface area contributed by atoms with Crippen molar-refractivity contribution in [1.82, 2.24) is 10.2 Å². The number of ether oxygens (including phenoxy) is 1. The summed E-state index contributed by atoms with van der Waals surface area (Å²) in [7, 11) is 2.79. The van der Waals surface area contributed by atoms with E-state index in [0.717, 1.165) is 0 Å². The van der Waals surface area contributed by atoms with Crippen molar-refractivity contribution >= 4 is 35.5 Å². The first-order chi connectivity index (χ1) is 9.36. The third kappa shape index (κ3) is 4.22. The van der Waals surface area contributed by atoms with E-state index in [9.17, 15) is 19.2 Å². The largest absolute Gasteiger partial charge is 0.467 e. The third-order valence-electron chi connectivity index (χ3n) is 3.08. The molecule has 1 aliphatic rings. The van der Waals surface area contributed by atoms with Crippen LogP contribution in [0.4, 0.5) is 0 Å². The zero-order valence-electron chi connectivity index (χ0n) is 11.7. The van der Waals surface area contributed by atoms with Crippen LogP contribution < -0.4 is 5.32 Å². The predicted molar refractivity (Wildman–Crippen MR) is 72.9 cm³/mol. The lowest BCUT2D eigenvalue weighted by Gasteiger charge is -2.22. The Hall–Kier alpha value is -1.57. The lowest BCUT2D eigenvalue weighted by Crippen LogP contribution is -2.41. The first-order valence-corrected chi connectivity index (χ1v) is 7.20. The van der Waals surface area contributed by atoms with Crippen molar-refractivity contribution < 1.29 is 23.9 Å². The molecule has 0 bridgehead atoms. The summed E-state index contributed by atoms with van der Waals surface area (Å²) in [5, 5.41) is 1.80. The molecule has 1 rings (SSSR count). The second kappa shape index (κ2) is 7.28. The summed E-state index contributed by atoms with van der Waals surface area (Å²) in [6, 6.07) is -0.645. The van der Waals surface area contributed by atoms with Gasteiger partial charge in [-0.15, -0.1) is 11.8 Å². The van der Waals surface area contributed by atoms with E-state index in [2.05, 4.69) is 10.1 Å². The maximum atomic E-state index is 11.9. The van der Waals surface area contributed by atoms with Gasteiger partial charge in [0.2, 0.25) is 17.7 Å². The van der Waals surface area contributed by atoms with Crippen LogP contribution in [0.15, 0.2) is 0 Å². The van der Waals surface area contributed by atoms with Crippen LogP contribution in [-0.2, 0) is 23.9 Å². The van der Waals surface area contributed by atoms with E-state index >= 15 is 0 Å². The Balaban J connectivity index is 2.34. The molecule has 2 atom stereocenters. The number of imide groups is 1. The smallest absolute Gasteiger partial charge is 0.328 e. The Kier molecular flexibility index (Phi) is 6.00. The number of nitrogens with one attached hydrogen (secondary N) is 1. The van der Waals surface area contributed by atoms with Crippen LogP contribution in [0.2, 0.25) is 0 Å². The topological polar surface area (TPSA) is 92.8 Å². The van der Waals surface area contributed by atoms with E-state index in [1.165, 1.54) is 30.8 Å². The van der Waals surface area contributed by atoms with Gasteiger partial charge in [-0.2, -0.15) is 0 Å². The van der Waals surface area contributed by atoms with Crippen molar-refractivity contribution in [2.24, 2.45) is 0 Å². The molecule has 0 aliphatic carbocycles. The monoisotopic (exact) mass is 302 g/mol. The summed E-state index contributed by atoms with van der Waals surface area (Å²) in [5.41, 5.74) is 0. The van der Waals surface area contributed by atoms with Gasteiger partial charge in [0.1, 0.15) is 6.04 Å². The second-order valence-corrected chi connectivity index (χ2v) is 5.74. The number of methoxy groups -OCH3 is 1. The molecule has 0 saturated carbocycles. The fourth-order valence-electron chi connectivity index (χ4n) is 1.67. The summed E-state index contributed by atoms with van der Waals surface area (Å²) >= 11 is 1.27. The normalized spacial score (nSPS) is 19.4. The van der Waals surface area contributed by atoms with Crippen molar-refractivity contribution in [3.63, 3.8) is 0 Å². The highest BCUT2D eigenvalue weighted by molar-refractivity contribution is 8.00. The Morgan fingerprint density at radius 1 is 1.50 bits per heavy atom. The van der Waals surface area contributed by atoms with E-state index in [4.69, 9.17) is 0 Å². The number of hydrogen-bond acceptors (Lipinski definition) is 6. The van der Waals surface area contributed by atoms with Crippen LogP contribution >= 0.6 is 11.8 Å². The van der Waals surface area contributed by atoms with Crippen molar-refractivity contribution in [2.75, 3.05) is 19.9 Å². The van der Waals surface area contributed by atoms with Gasteiger partial charge < -0.3 is 9.64 Å². The molecular weight excluding hydrogens is 284 g/mol. The van der Waals surface area contributed by atoms with Crippen molar-refractivity contribution in [3.05, 3.63) is 0 Å². The van der Waals surface area contributed by atoms with Crippen molar-refractivity contribution in [3.8, 4) is 0 Å². The fraction of sp³-hybridized carbons (Fsp3) is 0.667. The van der Waals surface area contributed by atoms with Crippen molar-refractivity contribution in [1.29, 1.82) is 0 Å². The summed E-state index contributed by atoms with van der Waals surface area (Å²) < 4.78 is 4.57. The Morgan fingerprint density at radius 2 is 2.15 bits per heavy atom. The first kappa shape index (κ1) is 16.5. The van der Waals surface area contributed by atoms with E-state index in [1.807, 2.05) is 0 Å². The van der Waals surface area contributed by atoms with Gasteiger partial charge in [0.05, 0.1) is 12.4 Å². The van der Waals surface area contributed by atoms with Crippen LogP contribution in [0, 0.1) is 0 Å². The average Bonchev–Trinajstić information content (AvgIpc) is 2.74. The quantitative estimate of drug-likeness (QED) is 0.527. The number of thioether (sulfide) groups is 1. The van der Waals surface area contributed by atoms with Gasteiger partial charge in [-0.25, -0.2) is 4.79 Å². The lowest BCUT2D eigenvalue weighted by molar-refractivity contribution is -0.150. The van der Waals surface area contributed by atoms with Gasteiger partial charge in [-0.3, -0.25) is 19.7 Å². The maximum Gasteiger partial charge on any atom is 0.328 e. The fourth-order valence-corrected chi connectivity index (χ4v) is 2.73. The number of hydrogen-bond donors (Lipinski definition) is 1. The number of rotatable bonds is 6. The number of carbonyl (C=O) groups excluding carboxylic acids is 4. The molecule has 0 aromatic rings. The molecule has 112 valence electrons. The lowest BCUT2D eigenvalue weighted by atomic mass is 10.3. The van der Waals surface area contributed by atoms with Gasteiger partial charge in [-0.05, 0) is 6.92 Å². The molecular formula is C12H18N2O5S. The molecule has 3 amide bonds. The standard InChI is InChI=1S/C12H18N2O5S/c1-7(12(18)19-3)14(2)10(16)4-5-20-8-6-9(15)13-11(8)17/h7-8H,4-6H2,1-3H3,(H,13,15,17)/t7-,8?/m0/s1. The zero-order chi connectivity index (χ0) is 15.3. The minimum Gasteiger partial charge on any atom is -0.467 e. The highest BCUT2D eigenvalue weighted by atomic mass is 32.2. The Labute approximate surface area is 121 Å². The molecule has 1 heterocycles. The minimum absolute atomic E-state index is 0.159. The number of nitrogens with zero attached hydrogens (tertiary/aromatic N) is 1. The van der Waals surface area contributed by atoms with Gasteiger partial charge in [-0.1, -0.05) is 0 Å². The van der Waals surface area contributed by atoms with E-state index in [-0.39, 0.29) is 30.6 Å². The second-order valence-electron chi connectivity index (χ2n) is 4.43. The molecule has 1 aliphatic heterocycles. The highest BCUT2D eigenvalue weighted by Crippen LogP contribution is 2.20. The van der Waals surface area contributed by atoms with Gasteiger partial charge in [0, 0.05) is 25.6 Å². The SMILES string of the molecule is COC(=O)[C@H](C)N(C)C(=O)CCSC1CC(=O)NC1=O. The minimum atomic E-state index is -0.645. The number of carbonyl (C=O) groups is 4. The molecule has 0 aromatic heterocycles. The van der Waals surface area contributed by atoms with Crippen LogP contribution in [0.25, 0.3) is 0 Å². The van der Waals surface area contributed by atoms with E-state index in [1.54, 1.807) is 6.92 Å². The van der Waals surface area contributed by atoms with Crippen LogP contribution in [-0.4, -0.2) is 59.8 Å². The summed E-state index contributed by atoms with van der Waals surface area (Å²) in [6.45, 7) is 1.58. The van der Waals surface area contributed by atoms with Gasteiger partial charge in [0.15, 0.2) is 0 Å². The number of likely N-dealkylation sites (N-methyl/N-ethyl adjacent to an activating group) is 1. The van der Waals surface area contributed by atoms with Crippen molar-refractivity contribution in [2.45, 2.75) is 31.1 Å². The van der Waals surface area contributed by atoms with Crippen LogP contribution in [0.5, 0.6) is 0 Å². The average molecular weight is 302 g/mol. The molecule has 20 heavy (non-hydrogen) atoms. The zero-order valence-corrected chi connectivity index (χ0v) is 12.5. The molecule has 0 spiro atoms. The molecule has 0 radical (unpaired) electrons. The molecule has 1 N–H and O–H groups in total. The first-order valence-electron chi connectivity index (χ1n) is 6.15. The number of esters is 1. The summed E-state index contributed by atoms with van der Waals surface area (Å²) in [4.78, 5) is 46.8. The summed E-state index contributed by atoms with van der Waals surface area (Å²) in [6.07, 6.45) is 0.354. The summed E-state index contributed by atoms with van der Waals surface area (Å²) in [5.74, 6) is -0.851. The van der Waals surface area contributed by atoms with Crippen LogP contribution in [0.1, 0.15) is 19.8 Å². The maximum absolute atomic E-state index is 11.9. The molecule has 1 fully saturated rings. The van der Waals surface area contributed by atoms with Gasteiger partial charge in [0.25, 0.3) is 0 Å². The molecule has 1 unspecified atom stereocenters. The Morgan fingerprint density at radius 3 is 2.65 bits per heavy atom. The number of amides is 3. The van der Waals surface area contributed by atoms with Crippen LogP contribution in [0.3, 0.4) is 0 Å². The Bertz CT molecular complexity index is 426. The molecule has 8 heteroatoms. The predicted octanol–water partition coefficient (Wildman–Crippen LogP) is -0.455. The molecule has 1 saturated heterocycles. The van der Waals surface area contributed by atoms with E-state index in [0.29, 0.717) is 5.75 Å². The molecule has 0 aromatic carbocycles. The third-order valence-corrected chi connectivity index (χ3v) is 4.30. The highest BCUT2D eigenvalue weighted by Gasteiger charge is 2.31. The molecule has 7 nitrogen and oxygen atoms in total. The van der Waals surface area contributed by atoms with Gasteiger partial charge >= 0.3 is 5.97 Å².